The van der Waals surface area contributed by atoms with E-state index < -0.39 is 41.5 Å². The first-order valence-corrected chi connectivity index (χ1v) is 13.5. The van der Waals surface area contributed by atoms with E-state index in [4.69, 9.17) is 4.74 Å². The number of Topliss-reactive ketones (excluding diaryl/α,β-unsaturated/α-hetero) is 1. The second-order valence-electron chi connectivity index (χ2n) is 10.8. The average molecular weight is 554 g/mol. The highest BCUT2D eigenvalue weighted by atomic mass is 16.5. The molecule has 0 spiro atoms. The third-order valence-electron chi connectivity index (χ3n) is 8.53. The van der Waals surface area contributed by atoms with Gasteiger partial charge in [0.2, 0.25) is 11.8 Å². The Balaban J connectivity index is 1.47. The number of nitrogens with zero attached hydrogens (tertiary/aromatic N) is 1. The number of fused-ring (bicyclic) bond motifs is 3. The topological polar surface area (TPSA) is 138 Å². The van der Waals surface area contributed by atoms with E-state index >= 15 is 0 Å². The van der Waals surface area contributed by atoms with Gasteiger partial charge in [0.1, 0.15) is 0 Å². The van der Waals surface area contributed by atoms with Crippen LogP contribution in [0.1, 0.15) is 48.5 Å². The van der Waals surface area contributed by atoms with Crippen LogP contribution in [-0.4, -0.2) is 46.2 Å². The third kappa shape index (κ3) is 4.03. The van der Waals surface area contributed by atoms with Crippen LogP contribution in [0.2, 0.25) is 0 Å². The number of anilines is 1. The van der Waals surface area contributed by atoms with Gasteiger partial charge in [0, 0.05) is 22.6 Å². The van der Waals surface area contributed by atoms with Crippen molar-refractivity contribution in [2.75, 3.05) is 11.5 Å². The van der Waals surface area contributed by atoms with Crippen LogP contribution in [0.4, 0.5) is 5.69 Å². The number of carboxylic acids is 1. The normalized spacial score (nSPS) is 25.4. The summed E-state index contributed by atoms with van der Waals surface area (Å²) in [6.07, 6.45) is 3.63. The summed E-state index contributed by atoms with van der Waals surface area (Å²) in [6, 6.07) is 10.5. The number of benzene rings is 2. The van der Waals surface area contributed by atoms with Crippen LogP contribution in [0.25, 0.3) is 0 Å². The lowest BCUT2D eigenvalue weighted by molar-refractivity contribution is -0.123. The van der Waals surface area contributed by atoms with Gasteiger partial charge >= 0.3 is 5.97 Å². The van der Waals surface area contributed by atoms with Crippen LogP contribution in [-0.2, 0) is 19.2 Å². The summed E-state index contributed by atoms with van der Waals surface area (Å²) in [6.45, 7) is 3.67. The number of ether oxygens (including phenoxy) is 1. The number of ketones is 2. The minimum atomic E-state index is -1.17. The van der Waals surface area contributed by atoms with Gasteiger partial charge in [0.25, 0.3) is 0 Å². The van der Waals surface area contributed by atoms with Gasteiger partial charge < -0.3 is 14.9 Å². The fourth-order valence-corrected chi connectivity index (χ4v) is 6.78. The minimum absolute atomic E-state index is 0.0460. The van der Waals surface area contributed by atoms with Gasteiger partial charge in [-0.2, -0.15) is 0 Å². The van der Waals surface area contributed by atoms with E-state index in [0.29, 0.717) is 28.9 Å². The molecule has 1 heterocycles. The molecule has 2 aromatic rings. The number of aromatic hydroxyl groups is 1. The quantitative estimate of drug-likeness (QED) is 0.320. The van der Waals surface area contributed by atoms with Crippen LogP contribution >= 0.6 is 0 Å². The van der Waals surface area contributed by atoms with Gasteiger partial charge in [-0.15, -0.1) is 0 Å². The Bertz CT molecular complexity index is 1660. The monoisotopic (exact) mass is 553 g/mol. The highest BCUT2D eigenvalue weighted by molar-refractivity contribution is 6.25. The van der Waals surface area contributed by atoms with Crippen LogP contribution in [0.5, 0.6) is 11.5 Å². The molecule has 2 aromatic carbocycles. The van der Waals surface area contributed by atoms with Gasteiger partial charge in [-0.3, -0.25) is 24.1 Å². The number of carboxylic acid groups (broad SMARTS) is 1. The molecule has 9 nitrogen and oxygen atoms in total. The number of phenolic OH excluding ortho intramolecular Hbond substituents is 1. The number of rotatable bonds is 5. The van der Waals surface area contributed by atoms with E-state index in [2.05, 4.69) is 0 Å². The second-order valence-corrected chi connectivity index (χ2v) is 10.8. The number of allylic oxidation sites excluding steroid dienone is 6. The molecule has 4 atom stereocenters. The fourth-order valence-electron chi connectivity index (χ4n) is 6.78. The number of phenols is 1. The zero-order valence-corrected chi connectivity index (χ0v) is 22.4. The van der Waals surface area contributed by atoms with Crippen molar-refractivity contribution in [3.63, 3.8) is 0 Å². The molecule has 0 radical (unpaired) electrons. The number of hydrogen-bond donors (Lipinski definition) is 2. The van der Waals surface area contributed by atoms with Gasteiger partial charge in [-0.25, -0.2) is 4.79 Å². The lowest BCUT2D eigenvalue weighted by Gasteiger charge is -2.42. The van der Waals surface area contributed by atoms with E-state index in [9.17, 15) is 34.2 Å². The van der Waals surface area contributed by atoms with Crippen molar-refractivity contribution < 1.29 is 38.9 Å². The van der Waals surface area contributed by atoms with Crippen LogP contribution in [0, 0.1) is 17.8 Å². The first-order chi connectivity index (χ1) is 19.6. The molecule has 9 heteroatoms. The van der Waals surface area contributed by atoms with Crippen molar-refractivity contribution in [1.29, 1.82) is 0 Å². The van der Waals surface area contributed by atoms with Gasteiger partial charge in [-0.05, 0) is 74.6 Å². The molecule has 6 rings (SSSR count). The maximum absolute atomic E-state index is 14.0. The summed E-state index contributed by atoms with van der Waals surface area (Å²) in [4.78, 5) is 67.0. The van der Waals surface area contributed by atoms with Crippen LogP contribution in [0.15, 0.2) is 76.9 Å². The summed E-state index contributed by atoms with van der Waals surface area (Å²) in [5, 5.41) is 19.8. The number of carbonyl (C=O) groups is 5. The van der Waals surface area contributed by atoms with Crippen molar-refractivity contribution in [3.05, 3.63) is 88.0 Å². The van der Waals surface area contributed by atoms with Crippen molar-refractivity contribution in [3.8, 4) is 11.5 Å². The fraction of sp³-hybridized carbons (Fsp3) is 0.281. The molecule has 41 heavy (non-hydrogen) atoms. The molecular weight excluding hydrogens is 526 g/mol. The predicted molar refractivity (Wildman–Crippen MR) is 146 cm³/mol. The Kier molecular flexibility index (Phi) is 6.25. The van der Waals surface area contributed by atoms with E-state index in [1.807, 2.05) is 6.08 Å². The first kappa shape index (κ1) is 26.4. The molecule has 0 aromatic heterocycles. The molecule has 3 aliphatic carbocycles. The number of amides is 2. The number of aromatic carboxylic acids is 1. The molecule has 2 N–H and O–H groups in total. The summed E-state index contributed by atoms with van der Waals surface area (Å²) < 4.78 is 5.60. The Morgan fingerprint density at radius 2 is 1.83 bits per heavy atom. The Hall–Kier alpha value is -4.79. The zero-order valence-electron chi connectivity index (χ0n) is 22.4. The molecule has 0 unspecified atom stereocenters. The maximum atomic E-state index is 14.0. The van der Waals surface area contributed by atoms with E-state index in [1.54, 1.807) is 26.0 Å². The van der Waals surface area contributed by atoms with E-state index in [1.165, 1.54) is 36.4 Å². The molecule has 0 bridgehead atoms. The summed E-state index contributed by atoms with van der Waals surface area (Å²) in [7, 11) is 0. The van der Waals surface area contributed by atoms with Crippen molar-refractivity contribution in [1.82, 2.24) is 0 Å². The summed E-state index contributed by atoms with van der Waals surface area (Å²) >= 11 is 0. The molecule has 208 valence electrons. The number of imide groups is 1. The maximum Gasteiger partial charge on any atom is 0.335 e. The van der Waals surface area contributed by atoms with Crippen molar-refractivity contribution >= 4 is 35.0 Å². The minimum Gasteiger partial charge on any atom is -0.504 e. The molecular formula is C32H27NO8. The van der Waals surface area contributed by atoms with Gasteiger partial charge in [0.15, 0.2) is 23.1 Å². The Labute approximate surface area is 235 Å². The highest BCUT2D eigenvalue weighted by Crippen LogP contribution is 2.55. The lowest BCUT2D eigenvalue weighted by atomic mass is 9.59. The molecule has 0 saturated carbocycles. The largest absolute Gasteiger partial charge is 0.504 e. The zero-order chi connectivity index (χ0) is 29.2. The Morgan fingerprint density at radius 3 is 2.56 bits per heavy atom. The highest BCUT2D eigenvalue weighted by Gasteiger charge is 2.56. The van der Waals surface area contributed by atoms with Crippen molar-refractivity contribution in [2.24, 2.45) is 17.8 Å². The number of carbonyl (C=O) groups excluding carboxylic acids is 4. The number of hydrogen-bond acceptors (Lipinski definition) is 7. The second kappa shape index (κ2) is 9.69. The summed E-state index contributed by atoms with van der Waals surface area (Å²) in [5.74, 6) is -5.09. The molecule has 1 saturated heterocycles. The third-order valence-corrected chi connectivity index (χ3v) is 8.53. The smallest absolute Gasteiger partial charge is 0.335 e. The SMILES string of the molecule is CCOc1cc([C@H]2C3=CC[C@@H]4C(=O)N(c5cccc(C(=O)O)c5)C(=O)[C@@H]4[C@@H]3CC3=C2C(=O)C=C(C)C3=O)ccc1O. The molecule has 4 aliphatic rings. The molecule has 1 fully saturated rings. The predicted octanol–water partition coefficient (Wildman–Crippen LogP) is 4.12. The van der Waals surface area contributed by atoms with E-state index in [-0.39, 0.29) is 47.2 Å². The molecule has 1 aliphatic heterocycles. The average Bonchev–Trinajstić information content (AvgIpc) is 3.21. The van der Waals surface area contributed by atoms with Crippen LogP contribution < -0.4 is 9.64 Å². The Morgan fingerprint density at radius 1 is 1.05 bits per heavy atom. The van der Waals surface area contributed by atoms with Gasteiger partial charge in [0.05, 0.1) is 29.7 Å². The van der Waals surface area contributed by atoms with E-state index in [0.717, 1.165) is 10.5 Å². The first-order valence-electron chi connectivity index (χ1n) is 13.5. The standard InChI is InChI=1S/C32H27NO8/c1-3-41-25-13-16(7-10-23(25)34)26-19-8-9-20-27(21(19)14-22-28(26)24(35)11-15(2)29(22)36)31(38)33(30(20)37)18-6-4-5-17(12-18)32(39)40/h4-8,10-13,20-21,26-27,34H,3,9,14H2,1-2H3,(H,39,40)/t20-,21+,26-,27-/m0/s1. The van der Waals surface area contributed by atoms with Gasteiger partial charge in [-0.1, -0.05) is 23.8 Å². The van der Waals surface area contributed by atoms with Crippen molar-refractivity contribution in [2.45, 2.75) is 32.6 Å². The van der Waals surface area contributed by atoms with Crippen LogP contribution in [0.3, 0.4) is 0 Å². The molecule has 2 amide bonds. The lowest BCUT2D eigenvalue weighted by Crippen LogP contribution is -2.39. The summed E-state index contributed by atoms with van der Waals surface area (Å²) in [5.41, 5.74) is 2.53.